The zero-order valence-corrected chi connectivity index (χ0v) is 70.7. The minimum atomic E-state index is -0.398. The van der Waals surface area contributed by atoms with Crippen LogP contribution in [0.2, 0.25) is 0 Å². The second kappa shape index (κ2) is 31.4. The zero-order chi connectivity index (χ0) is 88.8. The van der Waals surface area contributed by atoms with E-state index in [4.69, 9.17) is 25.6 Å². The van der Waals surface area contributed by atoms with Crippen LogP contribution in [-0.4, -0.2) is 0 Å². The summed E-state index contributed by atoms with van der Waals surface area (Å²) in [6.45, 7) is 35.0. The van der Waals surface area contributed by atoms with Gasteiger partial charge in [0.25, 0.3) is 0 Å². The smallest absolute Gasteiger partial charge is 0.143 e. The first-order chi connectivity index (χ1) is 59.4. The molecule has 0 unspecified atom stereocenters. The highest BCUT2D eigenvalue weighted by atomic mass is 32.1. The molecular weight excluding hydrogens is 1450 g/mol. The van der Waals surface area contributed by atoms with Gasteiger partial charge in [0.15, 0.2) is 0 Å². The molecule has 0 radical (unpaired) electrons. The van der Waals surface area contributed by atoms with Gasteiger partial charge in [-0.2, -0.15) is 0 Å². The third kappa shape index (κ3) is 15.4. The van der Waals surface area contributed by atoms with Gasteiger partial charge < -0.3 is 13.3 Å². The van der Waals surface area contributed by atoms with Gasteiger partial charge in [0, 0.05) is 83.8 Å². The van der Waals surface area contributed by atoms with Crippen molar-refractivity contribution in [2.75, 3.05) is 0 Å². The maximum Gasteiger partial charge on any atom is 0.143 e. The van der Waals surface area contributed by atoms with Gasteiger partial charge in [-0.05, 0) is 143 Å². The molecule has 576 valence electrons. The topological polar surface area (TPSA) is 39.4 Å². The number of hydrogen-bond donors (Lipinski definition) is 0. The molecule has 0 amide bonds. The zero-order valence-electron chi connectivity index (χ0n) is 78.0. The highest BCUT2D eigenvalue weighted by molar-refractivity contribution is 7.26. The van der Waals surface area contributed by atoms with Crippen LogP contribution in [0.25, 0.3) is 162 Å². The van der Waals surface area contributed by atoms with Crippen molar-refractivity contribution in [3.05, 3.63) is 361 Å². The largest absolute Gasteiger partial charge is 0.456 e. The lowest BCUT2D eigenvalue weighted by atomic mass is 9.83. The van der Waals surface area contributed by atoms with E-state index < -0.39 is 6.04 Å². The number of thiophene rings is 2. The Morgan fingerprint density at radius 2 is 0.603 bits per heavy atom. The monoisotopic (exact) mass is 1560 g/mol. The first-order valence-corrected chi connectivity index (χ1v) is 41.6. The van der Waals surface area contributed by atoms with E-state index >= 15 is 0 Å². The second-order valence-electron chi connectivity index (χ2n) is 35.2. The summed E-state index contributed by atoms with van der Waals surface area (Å²) in [5, 5.41) is 11.7. The molecule has 0 fully saturated rings. The first kappa shape index (κ1) is 67.5. The molecule has 3 nitrogen and oxygen atoms in total. The molecule has 0 spiro atoms. The number of furan rings is 3. The van der Waals surface area contributed by atoms with E-state index in [2.05, 4.69) is 310 Å². The number of benzene rings is 15. The van der Waals surface area contributed by atoms with Crippen molar-refractivity contribution >= 4 is 129 Å². The predicted molar refractivity (Wildman–Crippen MR) is 505 cm³/mol. The molecule has 5 heteroatoms. The summed E-state index contributed by atoms with van der Waals surface area (Å²) in [4.78, 5) is 0. The molecule has 15 aromatic carbocycles. The summed E-state index contributed by atoms with van der Waals surface area (Å²) < 4.78 is 97.7. The van der Waals surface area contributed by atoms with Gasteiger partial charge in [0.1, 0.15) is 33.5 Å². The van der Waals surface area contributed by atoms with Crippen molar-refractivity contribution in [1.29, 1.82) is 0 Å². The van der Waals surface area contributed by atoms with Crippen LogP contribution in [0.3, 0.4) is 0 Å². The summed E-state index contributed by atoms with van der Waals surface area (Å²) in [6, 6.07) is 93.0. The molecule has 0 bridgehead atoms. The van der Waals surface area contributed by atoms with Crippen LogP contribution in [0, 0.1) is 6.92 Å². The highest BCUT2D eigenvalue weighted by Gasteiger charge is 2.28. The fourth-order valence-corrected chi connectivity index (χ4v) is 18.9. The van der Waals surface area contributed by atoms with Crippen LogP contribution >= 0.6 is 22.7 Å². The molecule has 0 aliphatic carbocycles. The fraction of sp³-hybridized carbons (Fsp3) is 0.189. The molecule has 0 N–H and O–H groups in total. The minimum Gasteiger partial charge on any atom is -0.456 e. The van der Waals surface area contributed by atoms with Gasteiger partial charge in [-0.15, -0.1) is 22.7 Å². The van der Waals surface area contributed by atoms with E-state index in [1.807, 2.05) is 83.3 Å². The van der Waals surface area contributed by atoms with Gasteiger partial charge in [-0.3, -0.25) is 0 Å². The van der Waals surface area contributed by atoms with Crippen molar-refractivity contribution in [1.82, 2.24) is 0 Å². The Morgan fingerprint density at radius 3 is 1.12 bits per heavy atom. The first-order valence-electron chi connectivity index (χ1n) is 44.5. The molecule has 0 aliphatic rings. The summed E-state index contributed by atoms with van der Waals surface area (Å²) in [7, 11) is 0. The molecule has 0 saturated carbocycles. The average molecular weight is 1560 g/mol. The van der Waals surface area contributed by atoms with Crippen LogP contribution in [0.5, 0.6) is 0 Å². The number of fused-ring (bicyclic) bond motifs is 15. The van der Waals surface area contributed by atoms with Crippen LogP contribution in [0.1, 0.15) is 150 Å². The Labute approximate surface area is 704 Å². The fourth-order valence-electron chi connectivity index (χ4n) is 16.2. The molecule has 0 aliphatic heterocycles. The Morgan fingerprint density at radius 1 is 0.241 bits per heavy atom. The van der Waals surface area contributed by atoms with Crippen molar-refractivity contribution in [3.8, 4) is 55.6 Å². The van der Waals surface area contributed by atoms with Crippen LogP contribution in [0.15, 0.2) is 341 Å². The summed E-state index contributed by atoms with van der Waals surface area (Å²) >= 11 is 3.84. The lowest BCUT2D eigenvalue weighted by molar-refractivity contribution is 0.573. The van der Waals surface area contributed by atoms with E-state index in [1.165, 1.54) is 101 Å². The van der Waals surface area contributed by atoms with E-state index in [0.717, 1.165) is 55.0 Å². The van der Waals surface area contributed by atoms with Gasteiger partial charge in [-0.25, -0.2) is 0 Å². The van der Waals surface area contributed by atoms with Crippen LogP contribution in [-0.2, 0) is 27.1 Å². The van der Waals surface area contributed by atoms with E-state index in [9.17, 15) is 0 Å². The molecule has 20 rings (SSSR count). The van der Waals surface area contributed by atoms with Gasteiger partial charge in [0.2, 0.25) is 0 Å². The van der Waals surface area contributed by atoms with Crippen molar-refractivity contribution < 1.29 is 25.6 Å². The Hall–Kier alpha value is -11.9. The average Bonchev–Trinajstić information content (AvgIpc) is 0.935. The summed E-state index contributed by atoms with van der Waals surface area (Å²) in [5.41, 5.74) is 21.1. The molecular formula is C111H102O3S2. The highest BCUT2D eigenvalue weighted by Crippen LogP contribution is 2.49. The third-order valence-corrected chi connectivity index (χ3v) is 24.1. The van der Waals surface area contributed by atoms with Crippen LogP contribution in [0.4, 0.5) is 0 Å². The molecule has 5 aromatic heterocycles. The molecule has 20 aromatic rings. The van der Waals surface area contributed by atoms with E-state index in [1.54, 1.807) is 13.0 Å². The SMILES string of the molecule is CC(C)(C)c1cccc2c1sc1c(-c3ccccc3)cccc12.CC(C)(C)c1cccc2oc3cccc(-c4ccccc4)c3c12.CC(C)(C)c1cccc2sc3cccc(-c4ccccc4)c3c12.[2H]c1c([2H])c(C)c([2H])c(-c2cccc3oc4cccc(C(C)(C)C)c4c23)c1[2H].[2H]c1c([2H])c([2H])c(-c2cccc3c2oc2c(C(C)(C)C)cccc23)c([2H])c1[2H]. The molecule has 0 saturated heterocycles. The van der Waals surface area contributed by atoms with Crippen LogP contribution < -0.4 is 0 Å². The lowest BCUT2D eigenvalue weighted by Gasteiger charge is -2.21. The minimum absolute atomic E-state index is 0.0571. The van der Waals surface area contributed by atoms with Crippen molar-refractivity contribution in [2.45, 2.75) is 138 Å². The standard InChI is InChI=1S/C23H22O.2C22H20O.2C22H20S/c1-15-8-5-9-16(14-15)17-10-6-12-19-21(17)22-18(23(2,3)4)11-7-13-20(22)24-19;1-22(2,3)17-12-8-14-19-21(17)20-16(11-7-13-18(20)23-19)15-9-5-4-6-10-15;1-22(2,3)19-14-8-13-18-17-12-7-11-16(20(17)23-21(18)19)15-9-5-4-6-10-15;1-22(2,3)17-12-8-14-19-21(17)20-16(11-7-13-18(20)23-19)15-9-5-4-6-10-15;1-22(2,3)19-14-8-13-18-17-12-7-11-16(20(17)23-21(18)19)15-9-5-4-6-10-15/h5-14H,1-4H3;4*4-14H,1-3H3/i5D,8D,9D,14D;;4D,5D,6D,9D,10D;;. The van der Waals surface area contributed by atoms with Gasteiger partial charge in [-0.1, -0.05) is 400 Å². The van der Waals surface area contributed by atoms with E-state index in [-0.39, 0.29) is 81.0 Å². The quantitative estimate of drug-likeness (QED) is 0.172. The van der Waals surface area contributed by atoms with E-state index in [0.29, 0.717) is 33.4 Å². The summed E-state index contributed by atoms with van der Waals surface area (Å²) in [6.07, 6.45) is 0. The maximum atomic E-state index is 8.57. The second-order valence-corrected chi connectivity index (χ2v) is 37.3. The Kier molecular flexibility index (Phi) is 18.3. The third-order valence-electron chi connectivity index (χ3n) is 21.7. The Balaban J connectivity index is 0.000000116. The normalized spacial score (nSPS) is 13.2. The number of hydrogen-bond acceptors (Lipinski definition) is 5. The van der Waals surface area contributed by atoms with Crippen molar-refractivity contribution in [2.24, 2.45) is 0 Å². The Bertz CT molecular complexity index is 7320. The van der Waals surface area contributed by atoms with Crippen molar-refractivity contribution in [3.63, 3.8) is 0 Å². The number of rotatable bonds is 5. The maximum absolute atomic E-state index is 8.57. The molecule has 116 heavy (non-hydrogen) atoms. The predicted octanol–water partition coefficient (Wildman–Crippen LogP) is 34.0. The molecule has 0 atom stereocenters. The van der Waals surface area contributed by atoms with Gasteiger partial charge in [0.05, 0.1) is 12.3 Å². The number of para-hydroxylation sites is 2. The molecule has 5 heterocycles. The summed E-state index contributed by atoms with van der Waals surface area (Å²) in [5.74, 6) is 0. The lowest BCUT2D eigenvalue weighted by Crippen LogP contribution is -2.11. The van der Waals surface area contributed by atoms with Gasteiger partial charge >= 0.3 is 0 Å².